The van der Waals surface area contributed by atoms with Crippen LogP contribution in [0.5, 0.6) is 0 Å². The lowest BCUT2D eigenvalue weighted by atomic mass is 9.98. The third-order valence-corrected chi connectivity index (χ3v) is 4.55. The van der Waals surface area contributed by atoms with E-state index in [1.54, 1.807) is 11.8 Å². The maximum atomic E-state index is 12.0. The van der Waals surface area contributed by atoms with Crippen molar-refractivity contribution in [3.8, 4) is 0 Å². The van der Waals surface area contributed by atoms with Crippen LogP contribution < -0.4 is 0 Å². The molecule has 0 unspecified atom stereocenters. The molecule has 4 heteroatoms. The van der Waals surface area contributed by atoms with E-state index in [-0.39, 0.29) is 12.5 Å². The fraction of sp³-hybridized carbons (Fsp3) is 0.533. The molecule has 1 aliphatic heterocycles. The molecule has 1 aromatic carbocycles. The lowest BCUT2D eigenvalue weighted by molar-refractivity contribution is -0.129. The van der Waals surface area contributed by atoms with E-state index in [2.05, 4.69) is 12.1 Å². The maximum absolute atomic E-state index is 12.0. The number of rotatable bonds is 5. The first kappa shape index (κ1) is 14.4. The molecule has 0 aliphatic carbocycles. The molecular weight excluding hydrogens is 258 g/mol. The van der Waals surface area contributed by atoms with Crippen LogP contribution in [0.25, 0.3) is 0 Å². The van der Waals surface area contributed by atoms with Crippen LogP contribution in [0.2, 0.25) is 0 Å². The predicted molar refractivity (Wildman–Crippen MR) is 79.0 cm³/mol. The molecule has 1 aliphatic rings. The highest BCUT2D eigenvalue weighted by atomic mass is 32.2. The second kappa shape index (κ2) is 7.56. The summed E-state index contributed by atoms with van der Waals surface area (Å²) in [5.74, 6) is 2.07. The fourth-order valence-corrected chi connectivity index (χ4v) is 3.17. The highest BCUT2D eigenvalue weighted by molar-refractivity contribution is 7.99. The van der Waals surface area contributed by atoms with Gasteiger partial charge in [-0.1, -0.05) is 30.3 Å². The van der Waals surface area contributed by atoms with E-state index in [1.807, 2.05) is 23.1 Å². The molecule has 0 bridgehead atoms. The number of thioether (sulfide) groups is 1. The number of piperidine rings is 1. The highest BCUT2D eigenvalue weighted by Crippen LogP contribution is 2.18. The van der Waals surface area contributed by atoms with Crippen molar-refractivity contribution in [2.24, 2.45) is 5.92 Å². The normalized spacial score (nSPS) is 16.6. The summed E-state index contributed by atoms with van der Waals surface area (Å²) in [4.78, 5) is 14.0. The van der Waals surface area contributed by atoms with E-state index in [9.17, 15) is 4.79 Å². The van der Waals surface area contributed by atoms with Gasteiger partial charge in [0, 0.05) is 25.4 Å². The van der Waals surface area contributed by atoms with Crippen LogP contribution in [0.1, 0.15) is 18.4 Å². The number of aliphatic hydroxyl groups excluding tert-OH is 1. The van der Waals surface area contributed by atoms with Crippen molar-refractivity contribution in [2.45, 2.75) is 18.6 Å². The van der Waals surface area contributed by atoms with E-state index in [1.165, 1.54) is 5.56 Å². The van der Waals surface area contributed by atoms with E-state index in [0.717, 1.165) is 31.7 Å². The van der Waals surface area contributed by atoms with Crippen molar-refractivity contribution in [1.82, 2.24) is 4.90 Å². The first-order valence-corrected chi connectivity index (χ1v) is 7.95. The Morgan fingerprint density at radius 3 is 2.58 bits per heavy atom. The van der Waals surface area contributed by atoms with E-state index in [0.29, 0.717) is 11.7 Å². The monoisotopic (exact) mass is 279 g/mol. The number of hydrogen-bond acceptors (Lipinski definition) is 3. The van der Waals surface area contributed by atoms with Crippen LogP contribution in [0.4, 0.5) is 0 Å². The van der Waals surface area contributed by atoms with Crippen LogP contribution >= 0.6 is 11.8 Å². The summed E-state index contributed by atoms with van der Waals surface area (Å²) < 4.78 is 0. The number of carbonyl (C=O) groups is 1. The average molecular weight is 279 g/mol. The Bertz CT molecular complexity index is 388. The lowest BCUT2D eigenvalue weighted by Gasteiger charge is -2.31. The van der Waals surface area contributed by atoms with Gasteiger partial charge in [0.25, 0.3) is 0 Å². The Labute approximate surface area is 119 Å². The van der Waals surface area contributed by atoms with Gasteiger partial charge in [0.15, 0.2) is 0 Å². The van der Waals surface area contributed by atoms with Gasteiger partial charge in [0.1, 0.15) is 0 Å². The van der Waals surface area contributed by atoms with Crippen molar-refractivity contribution in [2.75, 3.05) is 25.4 Å². The molecule has 1 aromatic rings. The van der Waals surface area contributed by atoms with Gasteiger partial charge < -0.3 is 10.0 Å². The third-order valence-electron chi connectivity index (χ3n) is 3.56. The number of carbonyl (C=O) groups excluding carboxylic acids is 1. The van der Waals surface area contributed by atoms with Gasteiger partial charge >= 0.3 is 0 Å². The lowest BCUT2D eigenvalue weighted by Crippen LogP contribution is -2.40. The number of aliphatic hydroxyl groups is 1. The summed E-state index contributed by atoms with van der Waals surface area (Å²) in [6, 6.07) is 10.2. The van der Waals surface area contributed by atoms with E-state index >= 15 is 0 Å². The van der Waals surface area contributed by atoms with Crippen molar-refractivity contribution in [3.63, 3.8) is 0 Å². The highest BCUT2D eigenvalue weighted by Gasteiger charge is 2.21. The second-order valence-corrected chi connectivity index (χ2v) is 5.97. The van der Waals surface area contributed by atoms with Crippen LogP contribution in [0, 0.1) is 5.92 Å². The molecule has 0 atom stereocenters. The summed E-state index contributed by atoms with van der Waals surface area (Å²) in [7, 11) is 0. The minimum Gasteiger partial charge on any atom is -0.396 e. The molecule has 1 amide bonds. The molecule has 1 heterocycles. The van der Waals surface area contributed by atoms with Gasteiger partial charge in [0.05, 0.1) is 5.75 Å². The van der Waals surface area contributed by atoms with Gasteiger partial charge in [-0.05, 0) is 24.3 Å². The number of benzene rings is 1. The zero-order valence-corrected chi connectivity index (χ0v) is 11.9. The first-order valence-electron chi connectivity index (χ1n) is 6.80. The average Bonchev–Trinajstić information content (AvgIpc) is 2.48. The second-order valence-electron chi connectivity index (χ2n) is 4.99. The summed E-state index contributed by atoms with van der Waals surface area (Å²) in [6.45, 7) is 1.86. The summed E-state index contributed by atoms with van der Waals surface area (Å²) in [6.07, 6.45) is 1.87. The molecule has 0 aromatic heterocycles. The van der Waals surface area contributed by atoms with E-state index in [4.69, 9.17) is 5.11 Å². The zero-order valence-electron chi connectivity index (χ0n) is 11.1. The molecule has 3 nitrogen and oxygen atoms in total. The molecular formula is C15H21NO2S. The Morgan fingerprint density at radius 2 is 1.95 bits per heavy atom. The number of hydrogen-bond donors (Lipinski definition) is 1. The smallest absolute Gasteiger partial charge is 0.232 e. The Kier molecular flexibility index (Phi) is 5.73. The van der Waals surface area contributed by atoms with Gasteiger partial charge in [-0.3, -0.25) is 4.79 Å². The Morgan fingerprint density at radius 1 is 1.26 bits per heavy atom. The number of nitrogens with zero attached hydrogens (tertiary/aromatic N) is 1. The molecule has 19 heavy (non-hydrogen) atoms. The maximum Gasteiger partial charge on any atom is 0.232 e. The van der Waals surface area contributed by atoms with Gasteiger partial charge in [-0.25, -0.2) is 0 Å². The zero-order chi connectivity index (χ0) is 13.5. The topological polar surface area (TPSA) is 40.5 Å². The molecule has 0 radical (unpaired) electrons. The summed E-state index contributed by atoms with van der Waals surface area (Å²) in [5.41, 5.74) is 1.26. The van der Waals surface area contributed by atoms with Gasteiger partial charge in [-0.2, -0.15) is 0 Å². The third kappa shape index (κ3) is 4.55. The number of likely N-dealkylation sites (tertiary alicyclic amines) is 1. The molecule has 104 valence electrons. The number of amides is 1. The van der Waals surface area contributed by atoms with Crippen LogP contribution in [-0.2, 0) is 10.5 Å². The van der Waals surface area contributed by atoms with Gasteiger partial charge in [0.2, 0.25) is 5.91 Å². The fourth-order valence-electron chi connectivity index (χ4n) is 2.29. The molecule has 2 rings (SSSR count). The summed E-state index contributed by atoms with van der Waals surface area (Å²) >= 11 is 1.67. The summed E-state index contributed by atoms with van der Waals surface area (Å²) in [5, 5.41) is 9.08. The van der Waals surface area contributed by atoms with Crippen molar-refractivity contribution in [1.29, 1.82) is 0 Å². The standard InChI is InChI=1S/C15H21NO2S/c17-10-13-6-8-16(9-7-13)15(18)12-19-11-14-4-2-1-3-5-14/h1-5,13,17H,6-12H2. The van der Waals surface area contributed by atoms with Crippen molar-refractivity contribution >= 4 is 17.7 Å². The minimum atomic E-state index is 0.234. The molecule has 0 saturated carbocycles. The minimum absolute atomic E-state index is 0.234. The SMILES string of the molecule is O=C(CSCc1ccccc1)N1CCC(CO)CC1. The van der Waals surface area contributed by atoms with E-state index < -0.39 is 0 Å². The Balaban J connectivity index is 1.67. The van der Waals surface area contributed by atoms with Crippen molar-refractivity contribution < 1.29 is 9.90 Å². The first-order chi connectivity index (χ1) is 9.29. The molecule has 1 saturated heterocycles. The molecule has 0 spiro atoms. The van der Waals surface area contributed by atoms with Crippen molar-refractivity contribution in [3.05, 3.63) is 35.9 Å². The largest absolute Gasteiger partial charge is 0.396 e. The predicted octanol–water partition coefficient (Wildman–Crippen LogP) is 2.15. The Hall–Kier alpha value is -1.00. The molecule has 1 N–H and O–H groups in total. The van der Waals surface area contributed by atoms with Gasteiger partial charge in [-0.15, -0.1) is 11.8 Å². The molecule has 1 fully saturated rings. The van der Waals surface area contributed by atoms with Crippen LogP contribution in [0.15, 0.2) is 30.3 Å². The van der Waals surface area contributed by atoms with Crippen LogP contribution in [0.3, 0.4) is 0 Å². The van der Waals surface area contributed by atoms with Crippen LogP contribution in [-0.4, -0.2) is 41.4 Å². The quantitative estimate of drug-likeness (QED) is 0.898.